The highest BCUT2D eigenvalue weighted by molar-refractivity contribution is 5.97. The van der Waals surface area contributed by atoms with Crippen LogP contribution in [0.4, 0.5) is 5.69 Å². The van der Waals surface area contributed by atoms with E-state index in [0.717, 1.165) is 11.1 Å². The van der Waals surface area contributed by atoms with Gasteiger partial charge in [0.05, 0.1) is 17.7 Å². The molecule has 0 aliphatic carbocycles. The number of hydrogen-bond donors (Lipinski definition) is 2. The predicted molar refractivity (Wildman–Crippen MR) is 73.4 cm³/mol. The van der Waals surface area contributed by atoms with Crippen molar-refractivity contribution in [2.45, 2.75) is 18.9 Å². The number of rotatable bonds is 2. The molecular weight excluding hydrogens is 254 g/mol. The molecule has 1 amide bonds. The molecule has 3 rings (SSSR count). The van der Waals surface area contributed by atoms with E-state index < -0.39 is 6.10 Å². The maximum atomic E-state index is 11.6. The van der Waals surface area contributed by atoms with Crippen LogP contribution < -0.4 is 10.1 Å². The number of nitrogens with zero attached hydrogens (tertiary/aromatic N) is 1. The van der Waals surface area contributed by atoms with Crippen molar-refractivity contribution in [3.8, 4) is 11.8 Å². The first-order chi connectivity index (χ1) is 9.69. The Morgan fingerprint density at radius 3 is 2.90 bits per heavy atom. The first kappa shape index (κ1) is 12.3. The van der Waals surface area contributed by atoms with Crippen molar-refractivity contribution in [3.63, 3.8) is 0 Å². The number of amides is 1. The van der Waals surface area contributed by atoms with E-state index in [1.807, 2.05) is 12.1 Å². The molecule has 2 heterocycles. The molecule has 1 aliphatic heterocycles. The molecule has 2 N–H and O–H groups in total. The molecule has 0 saturated heterocycles. The number of aromatic nitrogens is 1. The van der Waals surface area contributed by atoms with E-state index in [4.69, 9.17) is 4.74 Å². The summed E-state index contributed by atoms with van der Waals surface area (Å²) < 4.78 is 5.50. The Morgan fingerprint density at radius 2 is 2.20 bits per heavy atom. The number of nitrogens with one attached hydrogen (secondary N) is 2. The monoisotopic (exact) mass is 267 g/mol. The van der Waals surface area contributed by atoms with E-state index in [1.165, 1.54) is 0 Å². The molecule has 2 atom stereocenters. The molecule has 1 aliphatic rings. The second-order valence-corrected chi connectivity index (χ2v) is 4.71. The summed E-state index contributed by atoms with van der Waals surface area (Å²) in [7, 11) is 0. The molecule has 0 spiro atoms. The standard InChI is InChI=1S/C15H13N3O2/c1-9-15(19)18-13-6-10(2-3-14(13)20-9)12(7-16)11-4-5-17-8-11/h2-6,8-9,12,17H,1H3,(H,18,19). The van der Waals surface area contributed by atoms with Crippen LogP contribution in [0.3, 0.4) is 0 Å². The topological polar surface area (TPSA) is 77.9 Å². The fourth-order valence-electron chi connectivity index (χ4n) is 2.26. The molecule has 5 heteroatoms. The van der Waals surface area contributed by atoms with Gasteiger partial charge in [-0.05, 0) is 36.2 Å². The Bertz CT molecular complexity index is 686. The molecule has 2 unspecified atom stereocenters. The molecule has 2 aromatic rings. The van der Waals surface area contributed by atoms with Gasteiger partial charge in [0.25, 0.3) is 5.91 Å². The summed E-state index contributed by atoms with van der Waals surface area (Å²) in [5.41, 5.74) is 2.33. The van der Waals surface area contributed by atoms with E-state index in [1.54, 1.807) is 31.5 Å². The molecule has 20 heavy (non-hydrogen) atoms. The molecule has 0 saturated carbocycles. The fraction of sp³-hybridized carbons (Fsp3) is 0.200. The van der Waals surface area contributed by atoms with Crippen molar-refractivity contribution in [1.29, 1.82) is 5.26 Å². The van der Waals surface area contributed by atoms with Crippen LogP contribution in [-0.4, -0.2) is 17.0 Å². The SMILES string of the molecule is CC1Oc2ccc(C(C#N)c3cc[nH]c3)cc2NC1=O. The highest BCUT2D eigenvalue weighted by Gasteiger charge is 2.25. The van der Waals surface area contributed by atoms with Gasteiger partial charge < -0.3 is 15.0 Å². The van der Waals surface area contributed by atoms with Crippen molar-refractivity contribution >= 4 is 11.6 Å². The number of anilines is 1. The molecule has 1 aromatic carbocycles. The van der Waals surface area contributed by atoms with Gasteiger partial charge >= 0.3 is 0 Å². The van der Waals surface area contributed by atoms with Crippen molar-refractivity contribution in [1.82, 2.24) is 4.98 Å². The number of carbonyl (C=O) groups is 1. The third kappa shape index (κ3) is 2.01. The van der Waals surface area contributed by atoms with Gasteiger partial charge in [0.2, 0.25) is 0 Å². The third-order valence-electron chi connectivity index (χ3n) is 3.35. The highest BCUT2D eigenvalue weighted by Crippen LogP contribution is 2.34. The van der Waals surface area contributed by atoms with Crippen LogP contribution in [0.1, 0.15) is 24.0 Å². The van der Waals surface area contributed by atoms with Crippen LogP contribution in [0.2, 0.25) is 0 Å². The Kier molecular flexibility index (Phi) is 2.92. The van der Waals surface area contributed by atoms with Gasteiger partial charge in [-0.25, -0.2) is 0 Å². The Hall–Kier alpha value is -2.74. The number of ether oxygens (including phenoxy) is 1. The van der Waals surface area contributed by atoms with Crippen molar-refractivity contribution in [2.75, 3.05) is 5.32 Å². The van der Waals surface area contributed by atoms with Gasteiger partial charge in [-0.3, -0.25) is 4.79 Å². The average molecular weight is 267 g/mol. The van der Waals surface area contributed by atoms with Crippen LogP contribution in [0, 0.1) is 11.3 Å². The summed E-state index contributed by atoms with van der Waals surface area (Å²) in [5.74, 6) is 0.0826. The van der Waals surface area contributed by atoms with Gasteiger partial charge in [-0.2, -0.15) is 5.26 Å². The quantitative estimate of drug-likeness (QED) is 0.877. The van der Waals surface area contributed by atoms with Crippen molar-refractivity contribution in [2.24, 2.45) is 0 Å². The Balaban J connectivity index is 1.99. The van der Waals surface area contributed by atoms with Gasteiger partial charge in [0.1, 0.15) is 5.75 Å². The molecule has 1 aromatic heterocycles. The lowest BCUT2D eigenvalue weighted by molar-refractivity contribution is -0.122. The number of nitriles is 1. The highest BCUT2D eigenvalue weighted by atomic mass is 16.5. The van der Waals surface area contributed by atoms with Crippen molar-refractivity contribution < 1.29 is 9.53 Å². The summed E-state index contributed by atoms with van der Waals surface area (Å²) >= 11 is 0. The smallest absolute Gasteiger partial charge is 0.265 e. The number of carbonyl (C=O) groups excluding carboxylic acids is 1. The number of hydrogen-bond acceptors (Lipinski definition) is 3. The number of fused-ring (bicyclic) bond motifs is 1. The number of aromatic amines is 1. The number of H-pyrrole nitrogens is 1. The second-order valence-electron chi connectivity index (χ2n) is 4.71. The Labute approximate surface area is 116 Å². The lowest BCUT2D eigenvalue weighted by Gasteiger charge is -2.24. The van der Waals surface area contributed by atoms with Gasteiger partial charge in [0.15, 0.2) is 6.10 Å². The summed E-state index contributed by atoms with van der Waals surface area (Å²) in [6.07, 6.45) is 3.08. The van der Waals surface area contributed by atoms with Gasteiger partial charge in [-0.1, -0.05) is 6.07 Å². The molecular formula is C15H13N3O2. The molecule has 0 fully saturated rings. The average Bonchev–Trinajstić information content (AvgIpc) is 2.95. The van der Waals surface area contributed by atoms with Crippen molar-refractivity contribution in [3.05, 3.63) is 47.8 Å². The van der Waals surface area contributed by atoms with Crippen LogP contribution in [-0.2, 0) is 4.79 Å². The summed E-state index contributed by atoms with van der Waals surface area (Å²) in [5, 5.41) is 12.2. The third-order valence-corrected chi connectivity index (χ3v) is 3.35. The van der Waals surface area contributed by atoms with Crippen LogP contribution >= 0.6 is 0 Å². The van der Waals surface area contributed by atoms with Crippen LogP contribution in [0.5, 0.6) is 5.75 Å². The number of benzene rings is 1. The maximum absolute atomic E-state index is 11.6. The lowest BCUT2D eigenvalue weighted by Crippen LogP contribution is -2.34. The first-order valence-corrected chi connectivity index (χ1v) is 6.33. The minimum Gasteiger partial charge on any atom is -0.479 e. The predicted octanol–water partition coefficient (Wildman–Crippen LogP) is 2.39. The molecule has 5 nitrogen and oxygen atoms in total. The van der Waals surface area contributed by atoms with E-state index in [9.17, 15) is 10.1 Å². The zero-order chi connectivity index (χ0) is 14.1. The van der Waals surface area contributed by atoms with E-state index in [2.05, 4.69) is 16.4 Å². The van der Waals surface area contributed by atoms with Gasteiger partial charge in [0, 0.05) is 12.4 Å². The molecule has 100 valence electrons. The minimum atomic E-state index is -0.496. The zero-order valence-electron chi connectivity index (χ0n) is 10.9. The normalized spacial score (nSPS) is 18.4. The van der Waals surface area contributed by atoms with Gasteiger partial charge in [-0.15, -0.1) is 0 Å². The Morgan fingerprint density at radius 1 is 1.35 bits per heavy atom. The molecule has 0 bridgehead atoms. The van der Waals surface area contributed by atoms with E-state index in [0.29, 0.717) is 11.4 Å². The van der Waals surface area contributed by atoms with Crippen LogP contribution in [0.15, 0.2) is 36.7 Å². The van der Waals surface area contributed by atoms with Crippen LogP contribution in [0.25, 0.3) is 0 Å². The summed E-state index contributed by atoms with van der Waals surface area (Å²) in [6, 6.07) is 9.57. The minimum absolute atomic E-state index is 0.176. The molecule has 0 radical (unpaired) electrons. The largest absolute Gasteiger partial charge is 0.479 e. The van der Waals surface area contributed by atoms with E-state index >= 15 is 0 Å². The lowest BCUT2D eigenvalue weighted by atomic mass is 9.94. The maximum Gasteiger partial charge on any atom is 0.265 e. The second kappa shape index (κ2) is 4.74. The van der Waals surface area contributed by atoms with E-state index in [-0.39, 0.29) is 11.8 Å². The summed E-state index contributed by atoms with van der Waals surface area (Å²) in [6.45, 7) is 1.70. The zero-order valence-corrected chi connectivity index (χ0v) is 10.9. The first-order valence-electron chi connectivity index (χ1n) is 6.33. The fourth-order valence-corrected chi connectivity index (χ4v) is 2.26. The summed E-state index contributed by atoms with van der Waals surface area (Å²) in [4.78, 5) is 14.6.